The van der Waals surface area contributed by atoms with E-state index in [-0.39, 0.29) is 0 Å². The maximum atomic E-state index is 3.43. The molecule has 1 aromatic carbocycles. The maximum Gasteiger partial charge on any atom is 0.111 e. The van der Waals surface area contributed by atoms with E-state index >= 15 is 0 Å². The van der Waals surface area contributed by atoms with Crippen molar-refractivity contribution in [3.63, 3.8) is 0 Å². The molecule has 0 aromatic heterocycles. The van der Waals surface area contributed by atoms with Crippen LogP contribution in [-0.4, -0.2) is 25.7 Å². The monoisotopic (exact) mass is 204 g/mol. The lowest BCUT2D eigenvalue weighted by atomic mass is 10.2. The van der Waals surface area contributed by atoms with Gasteiger partial charge in [0.25, 0.3) is 0 Å². The van der Waals surface area contributed by atoms with Crippen molar-refractivity contribution in [1.82, 2.24) is 16.0 Å². The molecule has 0 amide bonds. The molecule has 4 nitrogen and oxygen atoms in total. The first kappa shape index (κ1) is 9.15. The zero-order valence-electron chi connectivity index (χ0n) is 8.83. The molecule has 0 radical (unpaired) electrons. The normalized spacial score (nSPS) is 29.5. The number of hydrogen-bond acceptors (Lipinski definition) is 4. The Morgan fingerprint density at radius 1 is 1.13 bits per heavy atom. The highest BCUT2D eigenvalue weighted by atomic mass is 15.5. The van der Waals surface area contributed by atoms with Crippen molar-refractivity contribution >= 4 is 5.69 Å². The average molecular weight is 204 g/mol. The minimum atomic E-state index is 0.381. The zero-order chi connectivity index (χ0) is 10.3. The Labute approximate surface area is 89.7 Å². The van der Waals surface area contributed by atoms with Crippen LogP contribution < -0.4 is 20.9 Å². The molecule has 1 aromatic rings. The van der Waals surface area contributed by atoms with Gasteiger partial charge in [0.2, 0.25) is 0 Å². The lowest BCUT2D eigenvalue weighted by Crippen LogP contribution is -2.42. The van der Waals surface area contributed by atoms with Gasteiger partial charge in [-0.3, -0.25) is 16.0 Å². The number of nitrogens with one attached hydrogen (secondary N) is 3. The van der Waals surface area contributed by atoms with Gasteiger partial charge < -0.3 is 4.90 Å². The van der Waals surface area contributed by atoms with Crippen molar-refractivity contribution in [2.75, 3.05) is 18.2 Å². The predicted molar refractivity (Wildman–Crippen MR) is 60.4 cm³/mol. The highest BCUT2D eigenvalue weighted by Gasteiger charge is 2.36. The molecule has 4 heteroatoms. The van der Waals surface area contributed by atoms with Gasteiger partial charge in [-0.05, 0) is 19.1 Å². The molecule has 0 bridgehead atoms. The van der Waals surface area contributed by atoms with Crippen LogP contribution in [0, 0.1) is 6.92 Å². The molecule has 2 atom stereocenters. The van der Waals surface area contributed by atoms with E-state index in [1.807, 2.05) is 0 Å². The van der Waals surface area contributed by atoms with Crippen molar-refractivity contribution in [3.05, 3.63) is 29.8 Å². The Bertz CT molecular complexity index is 348. The molecular formula is C11H16N4. The summed E-state index contributed by atoms with van der Waals surface area (Å²) in [5.41, 5.74) is 2.58. The lowest BCUT2D eigenvalue weighted by molar-refractivity contribution is 0.539. The highest BCUT2D eigenvalue weighted by Crippen LogP contribution is 2.21. The van der Waals surface area contributed by atoms with Gasteiger partial charge in [0.05, 0.1) is 12.8 Å². The van der Waals surface area contributed by atoms with E-state index in [0.29, 0.717) is 12.3 Å². The van der Waals surface area contributed by atoms with Crippen molar-refractivity contribution in [3.8, 4) is 0 Å². The fourth-order valence-corrected chi connectivity index (χ4v) is 2.26. The van der Waals surface area contributed by atoms with Crippen LogP contribution >= 0.6 is 0 Å². The van der Waals surface area contributed by atoms with E-state index in [0.717, 1.165) is 13.3 Å². The summed E-state index contributed by atoms with van der Waals surface area (Å²) in [7, 11) is 0. The maximum absolute atomic E-state index is 3.43. The van der Waals surface area contributed by atoms with Crippen LogP contribution in [0.4, 0.5) is 5.69 Å². The topological polar surface area (TPSA) is 39.3 Å². The van der Waals surface area contributed by atoms with Gasteiger partial charge in [0.15, 0.2) is 0 Å². The molecule has 2 aliphatic rings. The van der Waals surface area contributed by atoms with Crippen molar-refractivity contribution in [2.45, 2.75) is 19.3 Å². The van der Waals surface area contributed by atoms with Crippen molar-refractivity contribution in [2.24, 2.45) is 0 Å². The van der Waals surface area contributed by atoms with E-state index in [2.05, 4.69) is 52.0 Å². The zero-order valence-corrected chi connectivity index (χ0v) is 8.83. The second-order valence-corrected chi connectivity index (χ2v) is 4.18. The lowest BCUT2D eigenvalue weighted by Gasteiger charge is -2.24. The van der Waals surface area contributed by atoms with Gasteiger partial charge in [-0.15, -0.1) is 0 Å². The van der Waals surface area contributed by atoms with Crippen LogP contribution in [0.1, 0.15) is 5.56 Å². The fourth-order valence-electron chi connectivity index (χ4n) is 2.26. The van der Waals surface area contributed by atoms with Crippen LogP contribution in [0.2, 0.25) is 0 Å². The standard InChI is InChI=1S/C11H16N4/c1-8-2-4-9(5-3-8)15-7-14-10-11(15)13-6-12-10/h2-5,10-14H,6-7H2,1H3. The van der Waals surface area contributed by atoms with E-state index in [9.17, 15) is 0 Å². The third-order valence-corrected chi connectivity index (χ3v) is 3.13. The van der Waals surface area contributed by atoms with Gasteiger partial charge in [-0.25, -0.2) is 0 Å². The summed E-state index contributed by atoms with van der Waals surface area (Å²) in [6.45, 7) is 3.90. The molecule has 2 unspecified atom stereocenters. The highest BCUT2D eigenvalue weighted by molar-refractivity contribution is 5.49. The van der Waals surface area contributed by atoms with E-state index in [1.54, 1.807) is 0 Å². The Kier molecular flexibility index (Phi) is 2.12. The Hall–Kier alpha value is -1.10. The van der Waals surface area contributed by atoms with E-state index in [1.165, 1.54) is 11.3 Å². The van der Waals surface area contributed by atoms with Gasteiger partial charge in [-0.2, -0.15) is 0 Å². The number of nitrogens with zero attached hydrogens (tertiary/aromatic N) is 1. The number of hydrogen-bond donors (Lipinski definition) is 3. The molecule has 2 heterocycles. The summed E-state index contributed by atoms with van der Waals surface area (Å²) in [5.74, 6) is 0. The van der Waals surface area contributed by atoms with Gasteiger partial charge in [0, 0.05) is 12.4 Å². The number of fused-ring (bicyclic) bond motifs is 1. The number of aryl methyl sites for hydroxylation is 1. The summed E-state index contributed by atoms with van der Waals surface area (Å²) in [4.78, 5) is 2.35. The molecular weight excluding hydrogens is 188 g/mol. The number of benzene rings is 1. The van der Waals surface area contributed by atoms with Crippen LogP contribution in [0.25, 0.3) is 0 Å². The molecule has 2 fully saturated rings. The molecule has 0 spiro atoms. The first-order valence-electron chi connectivity index (χ1n) is 5.38. The molecule has 0 aliphatic carbocycles. The predicted octanol–water partition coefficient (Wildman–Crippen LogP) is 0.165. The first-order valence-corrected chi connectivity index (χ1v) is 5.38. The van der Waals surface area contributed by atoms with Crippen LogP contribution in [0.5, 0.6) is 0 Å². The second-order valence-electron chi connectivity index (χ2n) is 4.18. The molecule has 2 saturated heterocycles. The van der Waals surface area contributed by atoms with E-state index in [4.69, 9.17) is 0 Å². The van der Waals surface area contributed by atoms with Crippen LogP contribution in [0.15, 0.2) is 24.3 Å². The van der Waals surface area contributed by atoms with Crippen molar-refractivity contribution in [1.29, 1.82) is 0 Å². The summed E-state index contributed by atoms with van der Waals surface area (Å²) < 4.78 is 0. The fraction of sp³-hybridized carbons (Fsp3) is 0.455. The van der Waals surface area contributed by atoms with Crippen LogP contribution in [0.3, 0.4) is 0 Å². The minimum Gasteiger partial charge on any atom is -0.340 e. The third-order valence-electron chi connectivity index (χ3n) is 3.13. The van der Waals surface area contributed by atoms with Gasteiger partial charge in [0.1, 0.15) is 6.17 Å². The van der Waals surface area contributed by atoms with Gasteiger partial charge >= 0.3 is 0 Å². The smallest absolute Gasteiger partial charge is 0.111 e. The molecule has 3 N–H and O–H groups in total. The molecule has 2 aliphatic heterocycles. The summed E-state index contributed by atoms with van der Waals surface area (Å²) in [6.07, 6.45) is 0.763. The number of rotatable bonds is 1. The third kappa shape index (κ3) is 1.51. The Balaban J connectivity index is 1.85. The quantitative estimate of drug-likeness (QED) is 0.609. The molecule has 0 saturated carbocycles. The molecule has 80 valence electrons. The largest absolute Gasteiger partial charge is 0.340 e. The Morgan fingerprint density at radius 2 is 1.93 bits per heavy atom. The van der Waals surface area contributed by atoms with Crippen molar-refractivity contribution < 1.29 is 0 Å². The average Bonchev–Trinajstić information content (AvgIpc) is 2.80. The second kappa shape index (κ2) is 3.48. The first-order chi connectivity index (χ1) is 7.34. The van der Waals surface area contributed by atoms with E-state index < -0.39 is 0 Å². The molecule has 3 rings (SSSR count). The summed E-state index contributed by atoms with van der Waals surface area (Å²) in [6, 6.07) is 8.68. The van der Waals surface area contributed by atoms with Crippen LogP contribution in [-0.2, 0) is 0 Å². The van der Waals surface area contributed by atoms with Gasteiger partial charge in [-0.1, -0.05) is 17.7 Å². The SMILES string of the molecule is Cc1ccc(N2CNC3NCNC32)cc1. The minimum absolute atomic E-state index is 0.381. The Morgan fingerprint density at radius 3 is 2.73 bits per heavy atom. The number of anilines is 1. The summed E-state index contributed by atoms with van der Waals surface area (Å²) in [5, 5.41) is 10.2. The summed E-state index contributed by atoms with van der Waals surface area (Å²) >= 11 is 0. The molecule has 15 heavy (non-hydrogen) atoms.